The van der Waals surface area contributed by atoms with Crippen molar-refractivity contribution in [3.8, 4) is 0 Å². The van der Waals surface area contributed by atoms with Crippen molar-refractivity contribution in [3.63, 3.8) is 0 Å². The van der Waals surface area contributed by atoms with Gasteiger partial charge in [-0.3, -0.25) is 0 Å². The number of rotatable bonds is 4. The van der Waals surface area contributed by atoms with E-state index in [1.54, 1.807) is 11.3 Å². The molecular formula is C18H26N2. The zero-order valence-electron chi connectivity index (χ0n) is 12.8. The molecule has 0 bridgehead atoms. The fraction of sp³-hybridized carbons (Fsp3) is 0.556. The van der Waals surface area contributed by atoms with E-state index in [0.717, 1.165) is 19.5 Å². The standard InChI is InChI=1S/C18H26N2/c1-13(2)14-8-9-18-16(12-14)15-6-3-4-7-17(15)20(18)11-5-10-19/h8-9,12-13H,3-7,10-11,19H2,1-2H3. The third-order valence-electron chi connectivity index (χ3n) is 4.65. The Labute approximate surface area is 122 Å². The van der Waals surface area contributed by atoms with E-state index in [1.807, 2.05) is 0 Å². The van der Waals surface area contributed by atoms with E-state index in [-0.39, 0.29) is 0 Å². The third kappa shape index (κ3) is 2.26. The number of nitrogens with zero attached hydrogens (tertiary/aromatic N) is 1. The second kappa shape index (κ2) is 5.61. The molecule has 20 heavy (non-hydrogen) atoms. The van der Waals surface area contributed by atoms with Crippen molar-refractivity contribution in [2.75, 3.05) is 6.54 Å². The minimum absolute atomic E-state index is 0.603. The topological polar surface area (TPSA) is 30.9 Å². The van der Waals surface area contributed by atoms with Crippen molar-refractivity contribution in [3.05, 3.63) is 35.0 Å². The molecule has 108 valence electrons. The maximum absolute atomic E-state index is 5.72. The zero-order chi connectivity index (χ0) is 14.1. The maximum atomic E-state index is 5.72. The van der Waals surface area contributed by atoms with Crippen LogP contribution in [-0.2, 0) is 19.4 Å². The molecule has 0 unspecified atom stereocenters. The van der Waals surface area contributed by atoms with Crippen LogP contribution in [0.15, 0.2) is 18.2 Å². The highest BCUT2D eigenvalue weighted by Crippen LogP contribution is 2.34. The second-order valence-electron chi connectivity index (χ2n) is 6.36. The van der Waals surface area contributed by atoms with E-state index in [0.29, 0.717) is 5.92 Å². The summed E-state index contributed by atoms with van der Waals surface area (Å²) in [7, 11) is 0. The van der Waals surface area contributed by atoms with Crippen LogP contribution in [-0.4, -0.2) is 11.1 Å². The van der Waals surface area contributed by atoms with Gasteiger partial charge in [-0.2, -0.15) is 0 Å². The van der Waals surface area contributed by atoms with Crippen LogP contribution in [0.1, 0.15) is 55.8 Å². The van der Waals surface area contributed by atoms with Gasteiger partial charge < -0.3 is 10.3 Å². The Morgan fingerprint density at radius 3 is 2.75 bits per heavy atom. The molecule has 2 heteroatoms. The molecule has 0 aliphatic heterocycles. The van der Waals surface area contributed by atoms with Gasteiger partial charge in [-0.25, -0.2) is 0 Å². The van der Waals surface area contributed by atoms with E-state index in [9.17, 15) is 0 Å². The third-order valence-corrected chi connectivity index (χ3v) is 4.65. The van der Waals surface area contributed by atoms with Crippen molar-refractivity contribution in [1.82, 2.24) is 4.57 Å². The lowest BCUT2D eigenvalue weighted by Gasteiger charge is -2.15. The number of aryl methyl sites for hydroxylation is 2. The molecular weight excluding hydrogens is 244 g/mol. The zero-order valence-corrected chi connectivity index (χ0v) is 12.8. The van der Waals surface area contributed by atoms with Gasteiger partial charge in [-0.05, 0) is 67.8 Å². The van der Waals surface area contributed by atoms with Crippen LogP contribution in [0.4, 0.5) is 0 Å². The summed E-state index contributed by atoms with van der Waals surface area (Å²) in [6.45, 7) is 6.40. The average molecular weight is 270 g/mol. The number of nitrogens with two attached hydrogens (primary N) is 1. The predicted molar refractivity (Wildman–Crippen MR) is 86.3 cm³/mol. The van der Waals surface area contributed by atoms with Gasteiger partial charge in [0.25, 0.3) is 0 Å². The lowest BCUT2D eigenvalue weighted by atomic mass is 9.94. The molecule has 2 nitrogen and oxygen atoms in total. The van der Waals surface area contributed by atoms with Gasteiger partial charge in [0, 0.05) is 23.1 Å². The Morgan fingerprint density at radius 2 is 2.00 bits per heavy atom. The van der Waals surface area contributed by atoms with Crippen LogP contribution in [0.2, 0.25) is 0 Å². The summed E-state index contributed by atoms with van der Waals surface area (Å²) in [6, 6.07) is 7.07. The monoisotopic (exact) mass is 270 g/mol. The summed E-state index contributed by atoms with van der Waals surface area (Å²) in [5, 5.41) is 1.50. The minimum Gasteiger partial charge on any atom is -0.344 e. The van der Waals surface area contributed by atoms with Gasteiger partial charge in [0.1, 0.15) is 0 Å². The van der Waals surface area contributed by atoms with Crippen LogP contribution >= 0.6 is 0 Å². The SMILES string of the molecule is CC(C)c1ccc2c(c1)c1c(n2CCCN)CCCC1. The van der Waals surface area contributed by atoms with Crippen molar-refractivity contribution in [1.29, 1.82) is 0 Å². The van der Waals surface area contributed by atoms with Gasteiger partial charge in [-0.15, -0.1) is 0 Å². The van der Waals surface area contributed by atoms with Crippen molar-refractivity contribution < 1.29 is 0 Å². The van der Waals surface area contributed by atoms with Crippen LogP contribution in [0.5, 0.6) is 0 Å². The van der Waals surface area contributed by atoms with E-state index in [4.69, 9.17) is 5.73 Å². The van der Waals surface area contributed by atoms with Crippen LogP contribution in [0.3, 0.4) is 0 Å². The molecule has 0 radical (unpaired) electrons. The van der Waals surface area contributed by atoms with Crippen molar-refractivity contribution in [2.24, 2.45) is 5.73 Å². The first kappa shape index (κ1) is 13.7. The smallest absolute Gasteiger partial charge is 0.0485 e. The molecule has 0 amide bonds. The number of fused-ring (bicyclic) bond motifs is 3. The van der Waals surface area contributed by atoms with Gasteiger partial charge in [0.15, 0.2) is 0 Å². The summed E-state index contributed by atoms with van der Waals surface area (Å²) in [6.07, 6.45) is 6.24. The van der Waals surface area contributed by atoms with Crippen LogP contribution in [0, 0.1) is 0 Å². The van der Waals surface area contributed by atoms with Gasteiger partial charge >= 0.3 is 0 Å². The molecule has 0 saturated heterocycles. The number of aromatic nitrogens is 1. The first-order valence-corrected chi connectivity index (χ1v) is 8.06. The van der Waals surface area contributed by atoms with E-state index >= 15 is 0 Å². The Bertz CT molecular complexity index is 607. The Kier molecular flexibility index (Phi) is 3.84. The summed E-state index contributed by atoms with van der Waals surface area (Å²) in [5.74, 6) is 0.603. The molecule has 1 aliphatic rings. The molecule has 0 saturated carbocycles. The average Bonchev–Trinajstić information content (AvgIpc) is 2.78. The molecule has 1 heterocycles. The number of hydrogen-bond acceptors (Lipinski definition) is 1. The lowest BCUT2D eigenvalue weighted by molar-refractivity contribution is 0.596. The Morgan fingerprint density at radius 1 is 1.20 bits per heavy atom. The number of hydrogen-bond donors (Lipinski definition) is 1. The highest BCUT2D eigenvalue weighted by atomic mass is 15.0. The van der Waals surface area contributed by atoms with Crippen molar-refractivity contribution in [2.45, 2.75) is 58.4 Å². The molecule has 0 atom stereocenters. The normalized spacial score (nSPS) is 15.0. The van der Waals surface area contributed by atoms with Crippen molar-refractivity contribution >= 4 is 10.9 Å². The van der Waals surface area contributed by atoms with Crippen LogP contribution < -0.4 is 5.73 Å². The molecule has 3 rings (SSSR count). The first-order valence-electron chi connectivity index (χ1n) is 8.06. The van der Waals surface area contributed by atoms with Gasteiger partial charge in [0.05, 0.1) is 0 Å². The van der Waals surface area contributed by atoms with Gasteiger partial charge in [0.2, 0.25) is 0 Å². The van der Waals surface area contributed by atoms with E-state index in [2.05, 4.69) is 36.6 Å². The highest BCUT2D eigenvalue weighted by Gasteiger charge is 2.20. The predicted octanol–water partition coefficient (Wildman–Crippen LogP) is 3.99. The molecule has 1 aromatic heterocycles. The summed E-state index contributed by atoms with van der Waals surface area (Å²) in [5.41, 5.74) is 11.8. The largest absolute Gasteiger partial charge is 0.344 e. The molecule has 0 fully saturated rings. The summed E-state index contributed by atoms with van der Waals surface area (Å²) < 4.78 is 2.54. The maximum Gasteiger partial charge on any atom is 0.0485 e. The molecule has 1 aliphatic carbocycles. The van der Waals surface area contributed by atoms with Gasteiger partial charge in [-0.1, -0.05) is 19.9 Å². The molecule has 1 aromatic carbocycles. The summed E-state index contributed by atoms with van der Waals surface area (Å²) in [4.78, 5) is 0. The quantitative estimate of drug-likeness (QED) is 0.894. The first-order chi connectivity index (χ1) is 9.72. The highest BCUT2D eigenvalue weighted by molar-refractivity contribution is 5.86. The Balaban J connectivity index is 2.16. The summed E-state index contributed by atoms with van der Waals surface area (Å²) >= 11 is 0. The number of benzene rings is 1. The second-order valence-corrected chi connectivity index (χ2v) is 6.36. The fourth-order valence-electron chi connectivity index (χ4n) is 3.52. The van der Waals surface area contributed by atoms with E-state index < -0.39 is 0 Å². The molecule has 0 spiro atoms. The molecule has 2 N–H and O–H groups in total. The lowest BCUT2D eigenvalue weighted by Crippen LogP contribution is -2.11. The fourth-order valence-corrected chi connectivity index (χ4v) is 3.52. The van der Waals surface area contributed by atoms with Crippen LogP contribution in [0.25, 0.3) is 10.9 Å². The molecule has 2 aromatic rings. The Hall–Kier alpha value is -1.28. The van der Waals surface area contributed by atoms with E-state index in [1.165, 1.54) is 42.1 Å². The minimum atomic E-state index is 0.603.